The number of nitrogens with zero attached hydrogens (tertiary/aromatic N) is 1. The number of amides is 1. The number of piperidine rings is 1. The van der Waals surface area contributed by atoms with Crippen LogP contribution in [0.3, 0.4) is 0 Å². The third-order valence-corrected chi connectivity index (χ3v) is 3.99. The summed E-state index contributed by atoms with van der Waals surface area (Å²) >= 11 is 0. The van der Waals surface area contributed by atoms with Gasteiger partial charge in [-0.2, -0.15) is 0 Å². The van der Waals surface area contributed by atoms with Gasteiger partial charge in [-0.25, -0.2) is 4.79 Å². The van der Waals surface area contributed by atoms with Crippen molar-refractivity contribution in [1.82, 2.24) is 0 Å². The molecule has 1 heterocycles. The Kier molecular flexibility index (Phi) is 3.97. The van der Waals surface area contributed by atoms with Crippen LogP contribution in [-0.2, 0) is 4.79 Å². The number of carbonyl (C=O) groups excluding carboxylic acids is 1. The molecule has 2 atom stereocenters. The van der Waals surface area contributed by atoms with Crippen molar-refractivity contribution in [3.05, 3.63) is 29.3 Å². The third-order valence-electron chi connectivity index (χ3n) is 3.99. The minimum atomic E-state index is -0.797. The molecule has 0 aromatic heterocycles. The van der Waals surface area contributed by atoms with E-state index in [0.717, 1.165) is 30.6 Å². The minimum Gasteiger partial charge on any atom is -0.480 e. The maximum Gasteiger partial charge on any atom is 0.326 e. The number of carboxylic acids is 1. The number of primary amides is 1. The van der Waals surface area contributed by atoms with Crippen molar-refractivity contribution >= 4 is 17.6 Å². The van der Waals surface area contributed by atoms with E-state index in [-0.39, 0.29) is 5.92 Å². The Bertz CT molecular complexity index is 542. The Morgan fingerprint density at radius 1 is 1.40 bits per heavy atom. The Morgan fingerprint density at radius 2 is 2.10 bits per heavy atom. The van der Waals surface area contributed by atoms with E-state index in [2.05, 4.69) is 0 Å². The van der Waals surface area contributed by atoms with Crippen LogP contribution in [-0.4, -0.2) is 29.6 Å². The molecule has 0 spiro atoms. The van der Waals surface area contributed by atoms with Crippen molar-refractivity contribution in [2.24, 2.45) is 11.7 Å². The maximum absolute atomic E-state index is 11.5. The van der Waals surface area contributed by atoms with Crippen molar-refractivity contribution in [1.29, 1.82) is 0 Å². The summed E-state index contributed by atoms with van der Waals surface area (Å²) in [6.45, 7) is 4.50. The van der Waals surface area contributed by atoms with E-state index < -0.39 is 17.9 Å². The van der Waals surface area contributed by atoms with Gasteiger partial charge in [0.15, 0.2) is 0 Å². The fraction of sp³-hybridized carbons (Fsp3) is 0.467. The Morgan fingerprint density at radius 3 is 2.65 bits per heavy atom. The monoisotopic (exact) mass is 276 g/mol. The summed E-state index contributed by atoms with van der Waals surface area (Å²) in [4.78, 5) is 24.7. The maximum atomic E-state index is 11.5. The minimum absolute atomic E-state index is 0.109. The van der Waals surface area contributed by atoms with Gasteiger partial charge in [0.2, 0.25) is 5.91 Å². The summed E-state index contributed by atoms with van der Waals surface area (Å²) in [5.41, 5.74) is 7.39. The molecule has 1 saturated heterocycles. The van der Waals surface area contributed by atoms with E-state index >= 15 is 0 Å². The van der Waals surface area contributed by atoms with Crippen LogP contribution in [0.5, 0.6) is 0 Å². The highest BCUT2D eigenvalue weighted by molar-refractivity contribution is 5.94. The SMILES string of the molecule is Cc1cc(N2CCCC(C)C2C(=O)O)ccc1C(N)=O. The van der Waals surface area contributed by atoms with Gasteiger partial charge in [0, 0.05) is 17.8 Å². The van der Waals surface area contributed by atoms with Crippen LogP contribution in [0.1, 0.15) is 35.7 Å². The van der Waals surface area contributed by atoms with E-state index in [1.165, 1.54) is 0 Å². The van der Waals surface area contributed by atoms with Gasteiger partial charge in [-0.15, -0.1) is 0 Å². The summed E-state index contributed by atoms with van der Waals surface area (Å²) in [5.74, 6) is -1.15. The lowest BCUT2D eigenvalue weighted by molar-refractivity contribution is -0.140. The van der Waals surface area contributed by atoms with Crippen LogP contribution in [0.4, 0.5) is 5.69 Å². The Balaban J connectivity index is 2.36. The highest BCUT2D eigenvalue weighted by Gasteiger charge is 2.34. The molecule has 20 heavy (non-hydrogen) atoms. The number of nitrogens with two attached hydrogens (primary N) is 1. The van der Waals surface area contributed by atoms with Gasteiger partial charge in [-0.05, 0) is 49.4 Å². The first-order chi connectivity index (χ1) is 9.41. The largest absolute Gasteiger partial charge is 0.480 e. The van der Waals surface area contributed by atoms with Gasteiger partial charge in [-0.3, -0.25) is 4.79 Å². The van der Waals surface area contributed by atoms with Crippen molar-refractivity contribution in [2.45, 2.75) is 32.7 Å². The fourth-order valence-electron chi connectivity index (χ4n) is 2.96. The standard InChI is InChI=1S/C15H20N2O3/c1-9-4-3-7-17(13(9)15(19)20)11-5-6-12(14(16)18)10(2)8-11/h5-6,8-9,13H,3-4,7H2,1-2H3,(H2,16,18)(H,19,20). The fourth-order valence-corrected chi connectivity index (χ4v) is 2.96. The Labute approximate surface area is 118 Å². The molecule has 0 saturated carbocycles. The molecule has 108 valence electrons. The highest BCUT2D eigenvalue weighted by atomic mass is 16.4. The molecule has 0 bridgehead atoms. The topological polar surface area (TPSA) is 83.6 Å². The average Bonchev–Trinajstić information content (AvgIpc) is 2.37. The number of carboxylic acid groups (broad SMARTS) is 1. The molecular weight excluding hydrogens is 256 g/mol. The van der Waals surface area contributed by atoms with Crippen molar-refractivity contribution in [3.63, 3.8) is 0 Å². The molecule has 2 unspecified atom stereocenters. The van der Waals surface area contributed by atoms with Crippen LogP contribution in [0.25, 0.3) is 0 Å². The lowest BCUT2D eigenvalue weighted by Gasteiger charge is -2.39. The number of hydrogen-bond donors (Lipinski definition) is 2. The lowest BCUT2D eigenvalue weighted by Crippen LogP contribution is -2.49. The van der Waals surface area contributed by atoms with E-state index in [4.69, 9.17) is 5.73 Å². The summed E-state index contributed by atoms with van der Waals surface area (Å²) in [5, 5.41) is 9.44. The predicted octanol–water partition coefficient (Wildman–Crippen LogP) is 1.78. The van der Waals surface area contributed by atoms with Crippen molar-refractivity contribution in [3.8, 4) is 0 Å². The second-order valence-electron chi connectivity index (χ2n) is 5.46. The molecular formula is C15H20N2O3. The first kappa shape index (κ1) is 14.4. The smallest absolute Gasteiger partial charge is 0.326 e. The van der Waals surface area contributed by atoms with Crippen molar-refractivity contribution < 1.29 is 14.7 Å². The molecule has 5 nitrogen and oxygen atoms in total. The van der Waals surface area contributed by atoms with Crippen LogP contribution < -0.4 is 10.6 Å². The Hall–Kier alpha value is -2.04. The number of hydrogen-bond acceptors (Lipinski definition) is 3. The summed E-state index contributed by atoms with van der Waals surface area (Å²) in [6, 6.07) is 4.78. The molecule has 0 aliphatic carbocycles. The van der Waals surface area contributed by atoms with Crippen molar-refractivity contribution in [2.75, 3.05) is 11.4 Å². The number of benzene rings is 1. The molecule has 1 aromatic carbocycles. The van der Waals surface area contributed by atoms with Crippen LogP contribution in [0.2, 0.25) is 0 Å². The molecule has 1 aliphatic rings. The van der Waals surface area contributed by atoms with Gasteiger partial charge in [0.25, 0.3) is 0 Å². The van der Waals surface area contributed by atoms with Gasteiger partial charge in [0.1, 0.15) is 6.04 Å². The summed E-state index contributed by atoms with van der Waals surface area (Å²) in [6.07, 6.45) is 1.90. The molecule has 3 N–H and O–H groups in total. The summed E-state index contributed by atoms with van der Waals surface area (Å²) < 4.78 is 0. The van der Waals surface area contributed by atoms with Crippen LogP contribution in [0, 0.1) is 12.8 Å². The third kappa shape index (κ3) is 2.61. The first-order valence-corrected chi connectivity index (χ1v) is 6.81. The molecule has 1 aromatic rings. The van der Waals surface area contributed by atoms with Crippen LogP contribution >= 0.6 is 0 Å². The quantitative estimate of drug-likeness (QED) is 0.881. The van der Waals surface area contributed by atoms with Gasteiger partial charge >= 0.3 is 5.97 Å². The van der Waals surface area contributed by atoms with E-state index in [1.54, 1.807) is 12.1 Å². The zero-order chi connectivity index (χ0) is 14.9. The van der Waals surface area contributed by atoms with Gasteiger partial charge in [0.05, 0.1) is 0 Å². The van der Waals surface area contributed by atoms with Gasteiger partial charge < -0.3 is 15.7 Å². The zero-order valence-electron chi connectivity index (χ0n) is 11.8. The second-order valence-corrected chi connectivity index (χ2v) is 5.46. The number of anilines is 1. The zero-order valence-corrected chi connectivity index (χ0v) is 11.8. The second kappa shape index (κ2) is 5.53. The number of rotatable bonds is 3. The number of carbonyl (C=O) groups is 2. The molecule has 1 amide bonds. The van der Waals surface area contributed by atoms with E-state index in [1.807, 2.05) is 24.8 Å². The first-order valence-electron chi connectivity index (χ1n) is 6.81. The predicted molar refractivity (Wildman–Crippen MR) is 76.9 cm³/mol. The normalized spacial score (nSPS) is 22.6. The van der Waals surface area contributed by atoms with E-state index in [9.17, 15) is 14.7 Å². The number of aliphatic carboxylic acids is 1. The lowest BCUT2D eigenvalue weighted by atomic mass is 9.90. The highest BCUT2D eigenvalue weighted by Crippen LogP contribution is 2.30. The molecule has 5 heteroatoms. The molecule has 1 fully saturated rings. The van der Waals surface area contributed by atoms with E-state index in [0.29, 0.717) is 5.56 Å². The molecule has 1 aliphatic heterocycles. The molecule has 0 radical (unpaired) electrons. The van der Waals surface area contributed by atoms with Gasteiger partial charge in [-0.1, -0.05) is 6.92 Å². The molecule has 2 rings (SSSR count). The average molecular weight is 276 g/mol. The van der Waals surface area contributed by atoms with Crippen LogP contribution in [0.15, 0.2) is 18.2 Å². The summed E-state index contributed by atoms with van der Waals surface area (Å²) in [7, 11) is 0. The number of aryl methyl sites for hydroxylation is 1.